The zero-order valence-electron chi connectivity index (χ0n) is 10.8. The van der Waals surface area contributed by atoms with Crippen molar-refractivity contribution in [2.45, 2.75) is 45.1 Å². The number of allylic oxidation sites excluding steroid dienone is 2. The predicted molar refractivity (Wildman–Crippen MR) is 69.0 cm³/mol. The quantitative estimate of drug-likeness (QED) is 0.472. The summed E-state index contributed by atoms with van der Waals surface area (Å²) in [5.74, 6) is 0.0571. The molecule has 1 fully saturated rings. The molecule has 0 spiro atoms. The number of rotatable bonds is 3. The number of carbonyl (C=O) groups excluding carboxylic acids is 2. The molecule has 1 N–H and O–H groups in total. The van der Waals surface area contributed by atoms with Gasteiger partial charge in [0.25, 0.3) is 5.91 Å². The molecule has 1 aliphatic heterocycles. The Balaban J connectivity index is 2.05. The molecule has 0 aromatic heterocycles. The Bertz CT molecular complexity index is 416. The molecule has 0 bridgehead atoms. The van der Waals surface area contributed by atoms with E-state index in [1.807, 2.05) is 6.92 Å². The number of urea groups is 1. The van der Waals surface area contributed by atoms with E-state index in [9.17, 15) is 9.59 Å². The Hall–Kier alpha value is -1.65. The topological polar surface area (TPSA) is 61.8 Å². The van der Waals surface area contributed by atoms with E-state index in [1.165, 1.54) is 0 Å². The fourth-order valence-electron chi connectivity index (χ4n) is 2.13. The summed E-state index contributed by atoms with van der Waals surface area (Å²) in [4.78, 5) is 23.8. The van der Waals surface area contributed by atoms with Crippen LogP contribution >= 0.6 is 0 Å². The van der Waals surface area contributed by atoms with Gasteiger partial charge in [-0.1, -0.05) is 19.1 Å². The summed E-state index contributed by atoms with van der Waals surface area (Å²) in [5, 5.41) is 7.70. The molecule has 18 heavy (non-hydrogen) atoms. The van der Waals surface area contributed by atoms with Crippen LogP contribution in [0.2, 0.25) is 0 Å². The molecule has 0 aromatic carbocycles. The maximum atomic E-state index is 12.1. The van der Waals surface area contributed by atoms with Crippen LogP contribution in [0.25, 0.3) is 0 Å². The highest BCUT2D eigenvalue weighted by Crippen LogP contribution is 2.22. The van der Waals surface area contributed by atoms with Crippen LogP contribution in [0.3, 0.4) is 0 Å². The van der Waals surface area contributed by atoms with Gasteiger partial charge in [0.2, 0.25) is 0 Å². The fraction of sp³-hybridized carbons (Fsp3) is 0.615. The predicted octanol–water partition coefficient (Wildman–Crippen LogP) is 2.05. The van der Waals surface area contributed by atoms with Crippen LogP contribution in [-0.4, -0.2) is 28.7 Å². The second kappa shape index (κ2) is 4.92. The standard InChI is InChI=1S/C13H19N3O2/c1-3-13(2)11(17)16(12(18)15-13)14-9-10-7-5-4-6-8-10/h4-5,9-10H,3,6-8H2,1-2H3,(H,15,18). The van der Waals surface area contributed by atoms with Gasteiger partial charge in [0, 0.05) is 6.21 Å². The highest BCUT2D eigenvalue weighted by atomic mass is 16.2. The van der Waals surface area contributed by atoms with E-state index in [0.29, 0.717) is 12.3 Å². The number of nitrogens with one attached hydrogen (secondary N) is 1. The number of hydrogen-bond donors (Lipinski definition) is 1. The molecule has 98 valence electrons. The number of amides is 3. The molecule has 5 heteroatoms. The minimum Gasteiger partial charge on any atom is -0.322 e. The molecule has 0 aromatic rings. The summed E-state index contributed by atoms with van der Waals surface area (Å²) in [6, 6.07) is -0.424. The second-order valence-electron chi connectivity index (χ2n) is 5.04. The fourth-order valence-corrected chi connectivity index (χ4v) is 2.13. The van der Waals surface area contributed by atoms with Crippen LogP contribution in [-0.2, 0) is 4.79 Å². The third-order valence-electron chi connectivity index (χ3n) is 3.65. The van der Waals surface area contributed by atoms with Crippen molar-refractivity contribution in [3.05, 3.63) is 12.2 Å². The third-order valence-corrected chi connectivity index (χ3v) is 3.65. The molecule has 5 nitrogen and oxygen atoms in total. The van der Waals surface area contributed by atoms with E-state index in [2.05, 4.69) is 22.6 Å². The maximum Gasteiger partial charge on any atom is 0.346 e. The lowest BCUT2D eigenvalue weighted by molar-refractivity contribution is -0.130. The molecule has 2 unspecified atom stereocenters. The summed E-state index contributed by atoms with van der Waals surface area (Å²) in [6.45, 7) is 3.60. The molecule has 1 aliphatic carbocycles. The van der Waals surface area contributed by atoms with Crippen LogP contribution in [0, 0.1) is 5.92 Å². The van der Waals surface area contributed by atoms with Gasteiger partial charge in [-0.05, 0) is 38.5 Å². The van der Waals surface area contributed by atoms with Gasteiger partial charge in [-0.15, -0.1) is 5.01 Å². The Morgan fingerprint density at radius 2 is 2.33 bits per heavy atom. The number of carbonyl (C=O) groups is 2. The van der Waals surface area contributed by atoms with Gasteiger partial charge in [-0.3, -0.25) is 4.79 Å². The Labute approximate surface area is 107 Å². The van der Waals surface area contributed by atoms with Crippen molar-refractivity contribution in [3.8, 4) is 0 Å². The van der Waals surface area contributed by atoms with E-state index in [0.717, 1.165) is 24.3 Å². The van der Waals surface area contributed by atoms with Crippen molar-refractivity contribution in [2.24, 2.45) is 11.0 Å². The van der Waals surface area contributed by atoms with E-state index >= 15 is 0 Å². The molecule has 2 atom stereocenters. The molecule has 2 aliphatic rings. The maximum absolute atomic E-state index is 12.1. The zero-order valence-corrected chi connectivity index (χ0v) is 10.8. The van der Waals surface area contributed by atoms with Crippen molar-refractivity contribution < 1.29 is 9.59 Å². The lowest BCUT2D eigenvalue weighted by Gasteiger charge is -2.17. The van der Waals surface area contributed by atoms with Gasteiger partial charge in [-0.25, -0.2) is 4.79 Å². The molecule has 1 heterocycles. The van der Waals surface area contributed by atoms with Gasteiger partial charge in [-0.2, -0.15) is 5.10 Å². The van der Waals surface area contributed by atoms with E-state index < -0.39 is 11.6 Å². The normalized spacial score (nSPS) is 32.3. The smallest absolute Gasteiger partial charge is 0.322 e. The van der Waals surface area contributed by atoms with Crippen LogP contribution in [0.15, 0.2) is 17.3 Å². The summed E-state index contributed by atoms with van der Waals surface area (Å²) in [7, 11) is 0. The Kier molecular flexibility index (Phi) is 3.50. The monoisotopic (exact) mass is 249 g/mol. The van der Waals surface area contributed by atoms with Crippen molar-refractivity contribution in [1.29, 1.82) is 0 Å². The molecule has 0 saturated carbocycles. The van der Waals surface area contributed by atoms with E-state index in [-0.39, 0.29) is 5.91 Å². The van der Waals surface area contributed by atoms with Crippen LogP contribution in [0.5, 0.6) is 0 Å². The van der Waals surface area contributed by atoms with E-state index in [4.69, 9.17) is 0 Å². The summed E-state index contributed by atoms with van der Waals surface area (Å²) in [6.07, 6.45) is 9.53. The van der Waals surface area contributed by atoms with Crippen LogP contribution < -0.4 is 5.32 Å². The van der Waals surface area contributed by atoms with Crippen LogP contribution in [0.1, 0.15) is 39.5 Å². The second-order valence-corrected chi connectivity index (χ2v) is 5.04. The van der Waals surface area contributed by atoms with Crippen molar-refractivity contribution in [1.82, 2.24) is 10.3 Å². The molecular weight excluding hydrogens is 230 g/mol. The lowest BCUT2D eigenvalue weighted by atomic mass is 9.96. The highest BCUT2D eigenvalue weighted by Gasteiger charge is 2.46. The Morgan fingerprint density at radius 3 is 2.89 bits per heavy atom. The zero-order chi connectivity index (χ0) is 13.2. The molecule has 0 radical (unpaired) electrons. The SMILES string of the molecule is CCC1(C)NC(=O)N(N=CC2CC=CCC2)C1=O. The van der Waals surface area contributed by atoms with Crippen LogP contribution in [0.4, 0.5) is 4.79 Å². The van der Waals surface area contributed by atoms with Gasteiger partial charge in [0.05, 0.1) is 0 Å². The number of hydrazone groups is 1. The Morgan fingerprint density at radius 1 is 1.56 bits per heavy atom. The lowest BCUT2D eigenvalue weighted by Crippen LogP contribution is -2.42. The minimum absolute atomic E-state index is 0.266. The number of hydrogen-bond acceptors (Lipinski definition) is 3. The highest BCUT2D eigenvalue weighted by molar-refractivity contribution is 6.06. The first-order valence-electron chi connectivity index (χ1n) is 6.42. The number of imide groups is 1. The van der Waals surface area contributed by atoms with Crippen molar-refractivity contribution in [2.75, 3.05) is 0 Å². The van der Waals surface area contributed by atoms with Gasteiger partial charge in [0.1, 0.15) is 5.54 Å². The molecular formula is C13H19N3O2. The minimum atomic E-state index is -0.805. The summed E-state index contributed by atoms with van der Waals surface area (Å²) in [5.41, 5.74) is -0.805. The molecule has 1 saturated heterocycles. The summed E-state index contributed by atoms with van der Waals surface area (Å²) < 4.78 is 0. The average Bonchev–Trinajstić information content (AvgIpc) is 2.60. The van der Waals surface area contributed by atoms with Crippen molar-refractivity contribution in [3.63, 3.8) is 0 Å². The van der Waals surface area contributed by atoms with Crippen molar-refractivity contribution >= 4 is 18.2 Å². The number of nitrogens with zero attached hydrogens (tertiary/aromatic N) is 2. The molecule has 3 amide bonds. The summed E-state index contributed by atoms with van der Waals surface area (Å²) >= 11 is 0. The first-order valence-corrected chi connectivity index (χ1v) is 6.42. The van der Waals surface area contributed by atoms with Gasteiger partial charge >= 0.3 is 6.03 Å². The first kappa shape index (κ1) is 12.8. The van der Waals surface area contributed by atoms with Gasteiger partial charge < -0.3 is 5.32 Å². The first-order chi connectivity index (χ1) is 8.57. The van der Waals surface area contributed by atoms with Gasteiger partial charge in [0.15, 0.2) is 0 Å². The average molecular weight is 249 g/mol. The molecule has 2 rings (SSSR count). The third kappa shape index (κ3) is 2.30. The largest absolute Gasteiger partial charge is 0.346 e. The van der Waals surface area contributed by atoms with E-state index in [1.54, 1.807) is 13.1 Å².